The van der Waals surface area contributed by atoms with Crippen molar-refractivity contribution in [1.82, 2.24) is 15.6 Å². The average molecular weight is 456 g/mol. The van der Waals surface area contributed by atoms with Gasteiger partial charge in [-0.15, -0.1) is 11.3 Å². The van der Waals surface area contributed by atoms with Crippen LogP contribution < -0.4 is 10.6 Å². The Kier molecular flexibility index (Phi) is 8.15. The summed E-state index contributed by atoms with van der Waals surface area (Å²) < 4.78 is 11.3. The fourth-order valence-corrected chi connectivity index (χ4v) is 3.86. The number of carbonyl (C=O) groups excluding carboxylic acids is 3. The highest BCUT2D eigenvalue weighted by Crippen LogP contribution is 2.26. The maximum absolute atomic E-state index is 12.6. The first kappa shape index (κ1) is 23.2. The monoisotopic (exact) mass is 455 g/mol. The van der Waals surface area contributed by atoms with Crippen molar-refractivity contribution in [3.05, 3.63) is 64.7 Å². The van der Waals surface area contributed by atoms with Crippen LogP contribution in [0.2, 0.25) is 0 Å². The van der Waals surface area contributed by atoms with Crippen LogP contribution in [0, 0.1) is 6.92 Å². The van der Waals surface area contributed by atoms with Crippen molar-refractivity contribution in [3.8, 4) is 0 Å². The van der Waals surface area contributed by atoms with Crippen molar-refractivity contribution in [1.29, 1.82) is 0 Å². The van der Waals surface area contributed by atoms with Crippen molar-refractivity contribution in [2.24, 2.45) is 0 Å². The molecule has 8 nitrogen and oxygen atoms in total. The van der Waals surface area contributed by atoms with E-state index < -0.39 is 18.1 Å². The zero-order chi connectivity index (χ0) is 22.9. The van der Waals surface area contributed by atoms with Crippen LogP contribution in [-0.4, -0.2) is 42.1 Å². The Labute approximate surface area is 189 Å². The standard InChI is InChI=1S/C23H25N3O5S/c1-3-11-30-22(28)18(26-23(29)31-14-16-7-5-4-6-8-16)13-25-21(27)19-12-17-20(32-19)15(2)9-10-24-17/h4-10,12,18H,3,11,13-14H2,1-2H3,(H,25,27)(H,26,29)/t18-/m1/s1. The van der Waals surface area contributed by atoms with Gasteiger partial charge in [-0.3, -0.25) is 9.78 Å². The average Bonchev–Trinajstić information content (AvgIpc) is 3.25. The Morgan fingerprint density at radius 2 is 1.91 bits per heavy atom. The number of benzene rings is 1. The molecule has 0 aliphatic carbocycles. The molecule has 1 atom stereocenters. The fourth-order valence-electron chi connectivity index (χ4n) is 2.86. The molecule has 2 N–H and O–H groups in total. The summed E-state index contributed by atoms with van der Waals surface area (Å²) in [5.74, 6) is -1.00. The van der Waals surface area contributed by atoms with Gasteiger partial charge >= 0.3 is 12.1 Å². The fraction of sp³-hybridized carbons (Fsp3) is 0.304. The second kappa shape index (κ2) is 11.2. The van der Waals surface area contributed by atoms with Crippen molar-refractivity contribution >= 4 is 39.5 Å². The van der Waals surface area contributed by atoms with Gasteiger partial charge in [-0.25, -0.2) is 9.59 Å². The number of rotatable bonds is 9. The number of aryl methyl sites for hydroxylation is 1. The highest BCUT2D eigenvalue weighted by Gasteiger charge is 2.24. The summed E-state index contributed by atoms with van der Waals surface area (Å²) in [5.41, 5.74) is 2.58. The quantitative estimate of drug-likeness (QED) is 0.478. The van der Waals surface area contributed by atoms with E-state index >= 15 is 0 Å². The van der Waals surface area contributed by atoms with E-state index in [9.17, 15) is 14.4 Å². The molecule has 2 heterocycles. The predicted octanol–water partition coefficient (Wildman–Crippen LogP) is 3.58. The number of alkyl carbamates (subject to hydrolysis) is 1. The highest BCUT2D eigenvalue weighted by molar-refractivity contribution is 7.21. The van der Waals surface area contributed by atoms with Crippen LogP contribution in [-0.2, 0) is 20.9 Å². The summed E-state index contributed by atoms with van der Waals surface area (Å²) in [7, 11) is 0. The molecular formula is C23H25N3O5S. The van der Waals surface area contributed by atoms with E-state index in [2.05, 4.69) is 15.6 Å². The maximum atomic E-state index is 12.6. The number of esters is 1. The molecule has 3 rings (SSSR count). The lowest BCUT2D eigenvalue weighted by molar-refractivity contribution is -0.145. The third kappa shape index (κ3) is 6.27. The number of pyridine rings is 1. The Bertz CT molecular complexity index is 1080. The van der Waals surface area contributed by atoms with Crippen molar-refractivity contribution in [2.45, 2.75) is 32.9 Å². The van der Waals surface area contributed by atoms with E-state index in [1.165, 1.54) is 11.3 Å². The molecule has 0 aliphatic rings. The minimum absolute atomic E-state index is 0.0594. The van der Waals surface area contributed by atoms with E-state index in [4.69, 9.17) is 9.47 Å². The SMILES string of the molecule is CCCOC(=O)[C@@H](CNC(=O)c1cc2nccc(C)c2s1)NC(=O)OCc1ccccc1. The normalized spacial score (nSPS) is 11.6. The Morgan fingerprint density at radius 1 is 1.12 bits per heavy atom. The molecule has 0 unspecified atom stereocenters. The van der Waals surface area contributed by atoms with E-state index in [1.807, 2.05) is 50.2 Å². The molecule has 9 heteroatoms. The first-order valence-corrected chi connectivity index (χ1v) is 11.1. The number of thiophene rings is 1. The Hall–Kier alpha value is -3.46. The number of fused-ring (bicyclic) bond motifs is 1. The largest absolute Gasteiger partial charge is 0.464 e. The molecule has 0 bridgehead atoms. The minimum atomic E-state index is -1.08. The summed E-state index contributed by atoms with van der Waals surface area (Å²) >= 11 is 1.32. The van der Waals surface area contributed by atoms with Crippen LogP contribution in [0.5, 0.6) is 0 Å². The van der Waals surface area contributed by atoms with Crippen molar-refractivity contribution in [3.63, 3.8) is 0 Å². The van der Waals surface area contributed by atoms with E-state index in [0.717, 1.165) is 21.3 Å². The second-order valence-electron chi connectivity index (χ2n) is 7.09. The number of hydrogen-bond acceptors (Lipinski definition) is 7. The number of amides is 2. The number of ether oxygens (including phenoxy) is 2. The molecule has 2 aromatic heterocycles. The van der Waals surface area contributed by atoms with Crippen LogP contribution in [0.1, 0.15) is 34.1 Å². The first-order chi connectivity index (χ1) is 15.5. The molecule has 0 radical (unpaired) electrons. The topological polar surface area (TPSA) is 107 Å². The molecule has 32 heavy (non-hydrogen) atoms. The molecule has 0 saturated heterocycles. The number of hydrogen-bond donors (Lipinski definition) is 2. The number of aromatic nitrogens is 1. The van der Waals surface area contributed by atoms with Gasteiger partial charge in [-0.2, -0.15) is 0 Å². The van der Waals surface area contributed by atoms with Crippen LogP contribution >= 0.6 is 11.3 Å². The zero-order valence-corrected chi connectivity index (χ0v) is 18.7. The van der Waals surface area contributed by atoms with E-state index in [-0.39, 0.29) is 25.7 Å². The molecule has 0 saturated carbocycles. The summed E-state index contributed by atoms with van der Waals surface area (Å²) in [4.78, 5) is 42.0. The Balaban J connectivity index is 1.61. The second-order valence-corrected chi connectivity index (χ2v) is 8.14. The van der Waals surface area contributed by atoms with Gasteiger partial charge in [0.05, 0.1) is 21.7 Å². The minimum Gasteiger partial charge on any atom is -0.464 e. The maximum Gasteiger partial charge on any atom is 0.408 e. The van der Waals surface area contributed by atoms with Crippen molar-refractivity contribution in [2.75, 3.05) is 13.2 Å². The lowest BCUT2D eigenvalue weighted by Crippen LogP contribution is -2.49. The summed E-state index contributed by atoms with van der Waals surface area (Å²) in [6, 6.07) is 11.7. The molecule has 1 aromatic carbocycles. The molecule has 0 aliphatic heterocycles. The summed E-state index contributed by atoms with van der Waals surface area (Å²) in [6.07, 6.45) is 1.55. The van der Waals surface area contributed by atoms with E-state index in [1.54, 1.807) is 12.3 Å². The summed E-state index contributed by atoms with van der Waals surface area (Å²) in [6.45, 7) is 3.95. The molecule has 3 aromatic rings. The van der Waals surface area contributed by atoms with Gasteiger partial charge in [0.1, 0.15) is 12.6 Å². The van der Waals surface area contributed by atoms with Crippen LogP contribution in [0.4, 0.5) is 4.79 Å². The summed E-state index contributed by atoms with van der Waals surface area (Å²) in [5, 5.41) is 5.17. The third-order valence-electron chi connectivity index (χ3n) is 4.54. The van der Waals surface area contributed by atoms with E-state index in [0.29, 0.717) is 11.3 Å². The number of nitrogens with one attached hydrogen (secondary N) is 2. The number of nitrogens with zero attached hydrogens (tertiary/aromatic N) is 1. The highest BCUT2D eigenvalue weighted by atomic mass is 32.1. The third-order valence-corrected chi connectivity index (χ3v) is 5.80. The van der Waals surface area contributed by atoms with Crippen LogP contribution in [0.15, 0.2) is 48.7 Å². The predicted molar refractivity (Wildman–Crippen MR) is 121 cm³/mol. The van der Waals surface area contributed by atoms with Crippen LogP contribution in [0.3, 0.4) is 0 Å². The smallest absolute Gasteiger partial charge is 0.408 e. The molecule has 0 fully saturated rings. The molecule has 2 amide bonds. The first-order valence-electron chi connectivity index (χ1n) is 10.2. The van der Waals surface area contributed by atoms with Gasteiger partial charge < -0.3 is 20.1 Å². The van der Waals surface area contributed by atoms with Crippen LogP contribution in [0.25, 0.3) is 10.2 Å². The lowest BCUT2D eigenvalue weighted by atomic mass is 10.2. The van der Waals surface area contributed by atoms with Gasteiger partial charge in [-0.05, 0) is 36.6 Å². The van der Waals surface area contributed by atoms with Crippen molar-refractivity contribution < 1.29 is 23.9 Å². The van der Waals surface area contributed by atoms with Gasteiger partial charge in [0.25, 0.3) is 5.91 Å². The van der Waals surface area contributed by atoms with Gasteiger partial charge in [0, 0.05) is 12.7 Å². The molecule has 168 valence electrons. The molecular weight excluding hydrogens is 430 g/mol. The van der Waals surface area contributed by atoms with Gasteiger partial charge in [0.15, 0.2) is 0 Å². The number of carbonyl (C=O) groups is 3. The van der Waals surface area contributed by atoms with Gasteiger partial charge in [-0.1, -0.05) is 37.3 Å². The Morgan fingerprint density at radius 3 is 2.62 bits per heavy atom. The molecule has 0 spiro atoms. The lowest BCUT2D eigenvalue weighted by Gasteiger charge is -2.18. The zero-order valence-electron chi connectivity index (χ0n) is 17.9. The van der Waals surface area contributed by atoms with Gasteiger partial charge in [0.2, 0.25) is 0 Å².